The largest absolute Gasteiger partial charge is 0.348 e. The highest BCUT2D eigenvalue weighted by Gasteiger charge is 2.21. The first-order valence-electron chi connectivity index (χ1n) is 9.13. The van der Waals surface area contributed by atoms with E-state index in [2.05, 4.69) is 43.0 Å². The van der Waals surface area contributed by atoms with Gasteiger partial charge in [-0.15, -0.1) is 0 Å². The van der Waals surface area contributed by atoms with Crippen LogP contribution in [0.4, 0.5) is 10.8 Å². The van der Waals surface area contributed by atoms with Crippen LogP contribution in [0.1, 0.15) is 19.8 Å². The maximum absolute atomic E-state index is 12.3. The predicted molar refractivity (Wildman–Crippen MR) is 119 cm³/mol. The van der Waals surface area contributed by atoms with Crippen molar-refractivity contribution in [1.29, 1.82) is 0 Å². The molecule has 146 valence electrons. The van der Waals surface area contributed by atoms with Crippen LogP contribution in [0.2, 0.25) is 0 Å². The van der Waals surface area contributed by atoms with Crippen LogP contribution >= 0.6 is 39.0 Å². The lowest BCUT2D eigenvalue weighted by molar-refractivity contribution is -0.113. The van der Waals surface area contributed by atoms with Crippen LogP contribution in [0, 0.1) is 5.92 Å². The molecular formula is C19H20BrN5OS2. The number of thiazole rings is 1. The summed E-state index contributed by atoms with van der Waals surface area (Å²) in [5.74, 6) is 0.902. The van der Waals surface area contributed by atoms with Crippen LogP contribution in [0.25, 0.3) is 10.3 Å². The van der Waals surface area contributed by atoms with Crippen molar-refractivity contribution in [1.82, 2.24) is 15.0 Å². The summed E-state index contributed by atoms with van der Waals surface area (Å²) >= 11 is 6.45. The molecule has 1 N–H and O–H groups in total. The van der Waals surface area contributed by atoms with E-state index in [1.54, 1.807) is 11.3 Å². The fraction of sp³-hybridized carbons (Fsp3) is 0.368. The van der Waals surface area contributed by atoms with Gasteiger partial charge in [-0.25, -0.2) is 9.97 Å². The van der Waals surface area contributed by atoms with Gasteiger partial charge >= 0.3 is 0 Å². The number of amides is 1. The van der Waals surface area contributed by atoms with Crippen molar-refractivity contribution < 1.29 is 4.79 Å². The van der Waals surface area contributed by atoms with E-state index >= 15 is 0 Å². The second-order valence-electron chi connectivity index (χ2n) is 6.87. The highest BCUT2D eigenvalue weighted by atomic mass is 79.9. The first-order chi connectivity index (χ1) is 13.6. The Morgan fingerprint density at radius 3 is 3.14 bits per heavy atom. The Hall–Kier alpha value is -1.71. The number of hydrogen-bond donors (Lipinski definition) is 1. The number of carbonyl (C=O) groups is 1. The van der Waals surface area contributed by atoms with Gasteiger partial charge in [-0.3, -0.25) is 4.79 Å². The molecular weight excluding hydrogens is 458 g/mol. The number of nitrogens with one attached hydrogen (secondary N) is 1. The molecule has 0 radical (unpaired) electrons. The molecule has 4 rings (SSSR count). The molecule has 0 bridgehead atoms. The van der Waals surface area contributed by atoms with Gasteiger partial charge in [-0.1, -0.05) is 52.0 Å². The van der Waals surface area contributed by atoms with E-state index < -0.39 is 0 Å². The summed E-state index contributed by atoms with van der Waals surface area (Å²) in [7, 11) is 0. The van der Waals surface area contributed by atoms with E-state index in [9.17, 15) is 4.79 Å². The zero-order valence-corrected chi connectivity index (χ0v) is 18.6. The van der Waals surface area contributed by atoms with E-state index in [4.69, 9.17) is 4.98 Å². The van der Waals surface area contributed by atoms with Crippen LogP contribution in [-0.2, 0) is 4.79 Å². The number of benzene rings is 1. The number of thioether (sulfide) groups is 1. The predicted octanol–water partition coefficient (Wildman–Crippen LogP) is 4.82. The summed E-state index contributed by atoms with van der Waals surface area (Å²) in [5.41, 5.74) is 1.48. The smallest absolute Gasteiger partial charge is 0.234 e. The normalized spacial score (nSPS) is 17.1. The van der Waals surface area contributed by atoms with E-state index in [1.807, 2.05) is 24.3 Å². The first kappa shape index (κ1) is 19.6. The van der Waals surface area contributed by atoms with Crippen molar-refractivity contribution >= 4 is 66.1 Å². The standard InChI is InChI=1S/C19H20BrN5OS2/c1-12-4-3-7-25(9-12)19-24-17-16(28-19)18(22-11-21-17)27-10-15(26)23-14-6-2-5-13(20)8-14/h2,5-6,8,11-12H,3-4,7,9-10H2,1H3,(H,23,26)/t12-/m0/s1. The number of anilines is 2. The Kier molecular flexibility index (Phi) is 6.13. The molecule has 0 spiro atoms. The van der Waals surface area contributed by atoms with Crippen LogP contribution in [0.3, 0.4) is 0 Å². The highest BCUT2D eigenvalue weighted by molar-refractivity contribution is 9.10. The van der Waals surface area contributed by atoms with Crippen molar-refractivity contribution in [3.8, 4) is 0 Å². The summed E-state index contributed by atoms with van der Waals surface area (Å²) in [4.78, 5) is 28.1. The summed E-state index contributed by atoms with van der Waals surface area (Å²) in [6.45, 7) is 4.35. The monoisotopic (exact) mass is 477 g/mol. The van der Waals surface area contributed by atoms with Gasteiger partial charge in [0.15, 0.2) is 10.8 Å². The van der Waals surface area contributed by atoms with Crippen molar-refractivity contribution in [2.45, 2.75) is 24.8 Å². The third-order valence-electron chi connectivity index (χ3n) is 4.52. The van der Waals surface area contributed by atoms with Gasteiger partial charge in [0.1, 0.15) is 16.1 Å². The number of piperidine rings is 1. The molecule has 2 aromatic heterocycles. The molecule has 0 saturated carbocycles. The number of carbonyl (C=O) groups excluding carboxylic acids is 1. The molecule has 1 aliphatic heterocycles. The zero-order chi connectivity index (χ0) is 19.5. The molecule has 1 aliphatic rings. The van der Waals surface area contributed by atoms with Crippen LogP contribution in [0.15, 0.2) is 40.1 Å². The Morgan fingerprint density at radius 1 is 1.43 bits per heavy atom. The lowest BCUT2D eigenvalue weighted by Crippen LogP contribution is -2.34. The maximum atomic E-state index is 12.3. The Bertz CT molecular complexity index is 995. The number of nitrogens with zero attached hydrogens (tertiary/aromatic N) is 4. The highest BCUT2D eigenvalue weighted by Crippen LogP contribution is 2.35. The summed E-state index contributed by atoms with van der Waals surface area (Å²) < 4.78 is 1.88. The average molecular weight is 478 g/mol. The number of aromatic nitrogens is 3. The second kappa shape index (κ2) is 8.75. The van der Waals surface area contributed by atoms with E-state index in [0.29, 0.717) is 11.6 Å². The van der Waals surface area contributed by atoms with E-state index in [-0.39, 0.29) is 11.7 Å². The Morgan fingerprint density at radius 2 is 2.32 bits per heavy atom. The minimum atomic E-state index is -0.0653. The lowest BCUT2D eigenvalue weighted by atomic mass is 10.0. The summed E-state index contributed by atoms with van der Waals surface area (Å²) in [6.07, 6.45) is 3.99. The number of rotatable bonds is 5. The van der Waals surface area contributed by atoms with E-state index in [1.165, 1.54) is 30.9 Å². The third kappa shape index (κ3) is 4.64. The van der Waals surface area contributed by atoms with Crippen molar-refractivity contribution in [3.63, 3.8) is 0 Å². The van der Waals surface area contributed by atoms with Crippen molar-refractivity contribution in [2.75, 3.05) is 29.1 Å². The summed E-state index contributed by atoms with van der Waals surface area (Å²) in [6, 6.07) is 7.55. The molecule has 1 saturated heterocycles. The quantitative estimate of drug-likeness (QED) is 0.419. The third-order valence-corrected chi connectivity index (χ3v) is 7.25. The molecule has 0 aliphatic carbocycles. The summed E-state index contributed by atoms with van der Waals surface area (Å²) in [5, 5.41) is 4.72. The fourth-order valence-electron chi connectivity index (χ4n) is 3.22. The maximum Gasteiger partial charge on any atom is 0.234 e. The Balaban J connectivity index is 1.45. The molecule has 3 aromatic rings. The molecule has 1 amide bonds. The van der Waals surface area contributed by atoms with Gasteiger partial charge < -0.3 is 10.2 Å². The number of hydrogen-bond acceptors (Lipinski definition) is 7. The van der Waals surface area contributed by atoms with Crippen LogP contribution in [-0.4, -0.2) is 39.7 Å². The van der Waals surface area contributed by atoms with E-state index in [0.717, 1.165) is 38.1 Å². The minimum Gasteiger partial charge on any atom is -0.348 e. The molecule has 6 nitrogen and oxygen atoms in total. The van der Waals surface area contributed by atoms with Gasteiger partial charge in [0.05, 0.1) is 5.75 Å². The molecule has 9 heteroatoms. The molecule has 1 aromatic carbocycles. The minimum absolute atomic E-state index is 0.0653. The topological polar surface area (TPSA) is 71.0 Å². The number of halogens is 1. The molecule has 1 fully saturated rings. The Labute approximate surface area is 180 Å². The second-order valence-corrected chi connectivity index (χ2v) is 9.73. The average Bonchev–Trinajstić information content (AvgIpc) is 3.11. The molecule has 3 heterocycles. The number of fused-ring (bicyclic) bond motifs is 1. The van der Waals surface area contributed by atoms with Crippen molar-refractivity contribution in [3.05, 3.63) is 35.1 Å². The van der Waals surface area contributed by atoms with Crippen LogP contribution < -0.4 is 10.2 Å². The molecule has 28 heavy (non-hydrogen) atoms. The van der Waals surface area contributed by atoms with Gasteiger partial charge in [0.2, 0.25) is 5.91 Å². The lowest BCUT2D eigenvalue weighted by Gasteiger charge is -2.30. The SMILES string of the molecule is C[C@H]1CCCN(c2nc3ncnc(SCC(=O)Nc4cccc(Br)c4)c3s2)C1. The van der Waals surface area contributed by atoms with Crippen LogP contribution in [0.5, 0.6) is 0 Å². The van der Waals surface area contributed by atoms with Gasteiger partial charge in [-0.2, -0.15) is 4.98 Å². The van der Waals surface area contributed by atoms with Gasteiger partial charge in [0, 0.05) is 23.2 Å². The zero-order valence-electron chi connectivity index (χ0n) is 15.4. The first-order valence-corrected chi connectivity index (χ1v) is 11.7. The van der Waals surface area contributed by atoms with Crippen molar-refractivity contribution in [2.24, 2.45) is 5.92 Å². The molecule has 1 atom stereocenters. The fourth-order valence-corrected chi connectivity index (χ4v) is 5.55. The molecule has 0 unspecified atom stereocenters. The van der Waals surface area contributed by atoms with Gasteiger partial charge in [0.25, 0.3) is 0 Å². The van der Waals surface area contributed by atoms with Gasteiger partial charge in [-0.05, 0) is 37.0 Å².